The molecule has 0 aromatic heterocycles. The van der Waals surface area contributed by atoms with E-state index in [9.17, 15) is 13.6 Å². The molecule has 1 atom stereocenters. The maximum Gasteiger partial charge on any atom is 0.315 e. The molecular weight excluding hydrogens is 254 g/mol. The molecule has 3 N–H and O–H groups in total. The Morgan fingerprint density at radius 3 is 2.42 bits per heavy atom. The van der Waals surface area contributed by atoms with E-state index in [1.54, 1.807) is 0 Å². The summed E-state index contributed by atoms with van der Waals surface area (Å²) in [6.45, 7) is 3.89. The number of aliphatic hydroxyl groups is 1. The van der Waals surface area contributed by atoms with Crippen LogP contribution in [-0.4, -0.2) is 35.8 Å². The van der Waals surface area contributed by atoms with Crippen LogP contribution in [0, 0.1) is 5.92 Å². The smallest absolute Gasteiger partial charge is 0.315 e. The van der Waals surface area contributed by atoms with Crippen molar-refractivity contribution in [2.24, 2.45) is 5.92 Å². The van der Waals surface area contributed by atoms with Crippen molar-refractivity contribution in [3.8, 4) is 0 Å². The quantitative estimate of drug-likeness (QED) is 0.722. The summed E-state index contributed by atoms with van der Waals surface area (Å²) in [5.41, 5.74) is 0. The molecule has 1 aliphatic rings. The normalized spacial score (nSPS) is 21.2. The molecule has 0 spiro atoms. The average Bonchev–Trinajstić information content (AvgIpc) is 2.30. The Kier molecular flexibility index (Phi) is 5.97. The van der Waals surface area contributed by atoms with Crippen molar-refractivity contribution >= 4 is 6.03 Å². The Labute approximate surface area is 112 Å². The Balaban J connectivity index is 2.31. The van der Waals surface area contributed by atoms with Gasteiger partial charge in [0.1, 0.15) is 0 Å². The van der Waals surface area contributed by atoms with Gasteiger partial charge >= 0.3 is 6.03 Å². The largest absolute Gasteiger partial charge is 0.394 e. The predicted octanol–water partition coefficient (Wildman–Crippen LogP) is 2.27. The molecule has 0 unspecified atom stereocenters. The number of hydrogen-bond acceptors (Lipinski definition) is 2. The van der Waals surface area contributed by atoms with Gasteiger partial charge in [0.2, 0.25) is 5.92 Å². The number of urea groups is 1. The molecule has 0 radical (unpaired) electrons. The maximum atomic E-state index is 13.0. The van der Waals surface area contributed by atoms with Crippen LogP contribution in [0.2, 0.25) is 0 Å². The van der Waals surface area contributed by atoms with Crippen molar-refractivity contribution in [1.82, 2.24) is 10.6 Å². The molecule has 112 valence electrons. The maximum absolute atomic E-state index is 13.0. The number of carbonyl (C=O) groups excluding carboxylic acids is 1. The van der Waals surface area contributed by atoms with Crippen LogP contribution in [-0.2, 0) is 0 Å². The first kappa shape index (κ1) is 16.1. The van der Waals surface area contributed by atoms with E-state index >= 15 is 0 Å². The van der Waals surface area contributed by atoms with Gasteiger partial charge in [-0.05, 0) is 25.2 Å². The lowest BCUT2D eigenvalue weighted by Gasteiger charge is -2.29. The number of nitrogens with one attached hydrogen (secondary N) is 2. The van der Waals surface area contributed by atoms with Gasteiger partial charge in [0, 0.05) is 18.9 Å². The second-order valence-corrected chi connectivity index (χ2v) is 5.76. The van der Waals surface area contributed by atoms with E-state index in [-0.39, 0.29) is 37.6 Å². The van der Waals surface area contributed by atoms with Gasteiger partial charge in [-0.1, -0.05) is 13.8 Å². The molecule has 0 bridgehead atoms. The van der Waals surface area contributed by atoms with Crippen LogP contribution in [0.1, 0.15) is 46.0 Å². The topological polar surface area (TPSA) is 61.4 Å². The van der Waals surface area contributed by atoms with Crippen LogP contribution in [0.25, 0.3) is 0 Å². The zero-order chi connectivity index (χ0) is 14.5. The lowest BCUT2D eigenvalue weighted by molar-refractivity contribution is -0.0395. The van der Waals surface area contributed by atoms with Crippen molar-refractivity contribution in [2.45, 2.75) is 64.0 Å². The predicted molar refractivity (Wildman–Crippen MR) is 69.2 cm³/mol. The fraction of sp³-hybridized carbons (Fsp3) is 0.923. The third-order valence-electron chi connectivity index (χ3n) is 3.36. The van der Waals surface area contributed by atoms with Crippen molar-refractivity contribution < 1.29 is 18.7 Å². The summed E-state index contributed by atoms with van der Waals surface area (Å²) in [6.07, 6.45) is 0.941. The summed E-state index contributed by atoms with van der Waals surface area (Å²) in [7, 11) is 0. The van der Waals surface area contributed by atoms with Crippen molar-refractivity contribution in [2.75, 3.05) is 6.61 Å². The third kappa shape index (κ3) is 6.18. The molecule has 1 aliphatic carbocycles. The van der Waals surface area contributed by atoms with Gasteiger partial charge in [-0.15, -0.1) is 0 Å². The Morgan fingerprint density at radius 1 is 1.37 bits per heavy atom. The summed E-state index contributed by atoms with van der Waals surface area (Å²) in [5, 5.41) is 14.5. The minimum atomic E-state index is -2.58. The first-order valence-electron chi connectivity index (χ1n) is 6.88. The number of amides is 2. The fourth-order valence-corrected chi connectivity index (χ4v) is 2.35. The highest BCUT2D eigenvalue weighted by atomic mass is 19.3. The van der Waals surface area contributed by atoms with Crippen LogP contribution in [0.4, 0.5) is 13.6 Å². The van der Waals surface area contributed by atoms with Gasteiger partial charge in [0.05, 0.1) is 12.6 Å². The summed E-state index contributed by atoms with van der Waals surface area (Å²) >= 11 is 0. The van der Waals surface area contributed by atoms with Crippen LogP contribution in [0.3, 0.4) is 0 Å². The zero-order valence-electron chi connectivity index (χ0n) is 11.6. The Morgan fingerprint density at radius 2 is 1.95 bits per heavy atom. The molecule has 1 saturated carbocycles. The second-order valence-electron chi connectivity index (χ2n) is 5.76. The molecule has 19 heavy (non-hydrogen) atoms. The molecule has 6 heteroatoms. The molecule has 4 nitrogen and oxygen atoms in total. The van der Waals surface area contributed by atoms with Gasteiger partial charge in [-0.25, -0.2) is 13.6 Å². The van der Waals surface area contributed by atoms with E-state index in [0.717, 1.165) is 0 Å². The molecule has 0 aromatic carbocycles. The summed E-state index contributed by atoms with van der Waals surface area (Å²) in [6, 6.07) is -0.863. The van der Waals surface area contributed by atoms with Gasteiger partial charge in [0.15, 0.2) is 0 Å². The van der Waals surface area contributed by atoms with Crippen molar-refractivity contribution in [3.63, 3.8) is 0 Å². The summed E-state index contributed by atoms with van der Waals surface area (Å²) < 4.78 is 25.9. The minimum absolute atomic E-state index is 0.117. The first-order valence-corrected chi connectivity index (χ1v) is 6.88. The number of alkyl halides is 2. The average molecular weight is 278 g/mol. The van der Waals surface area contributed by atoms with E-state index in [1.807, 2.05) is 13.8 Å². The van der Waals surface area contributed by atoms with Gasteiger partial charge < -0.3 is 15.7 Å². The lowest BCUT2D eigenvalue weighted by Crippen LogP contribution is -2.49. The van der Waals surface area contributed by atoms with Gasteiger partial charge in [-0.3, -0.25) is 0 Å². The molecule has 2 amide bonds. The first-order chi connectivity index (χ1) is 8.82. The van der Waals surface area contributed by atoms with Gasteiger partial charge in [-0.2, -0.15) is 0 Å². The molecule has 0 aliphatic heterocycles. The summed E-state index contributed by atoms with van der Waals surface area (Å²) in [5.74, 6) is -2.22. The van der Waals surface area contributed by atoms with Crippen LogP contribution in [0.5, 0.6) is 0 Å². The molecule has 0 heterocycles. The van der Waals surface area contributed by atoms with E-state index in [4.69, 9.17) is 5.11 Å². The monoisotopic (exact) mass is 278 g/mol. The summed E-state index contributed by atoms with van der Waals surface area (Å²) in [4.78, 5) is 11.7. The fourth-order valence-electron chi connectivity index (χ4n) is 2.35. The molecule has 1 fully saturated rings. The minimum Gasteiger partial charge on any atom is -0.394 e. The number of aliphatic hydroxyl groups excluding tert-OH is 1. The van der Waals surface area contributed by atoms with E-state index in [1.165, 1.54) is 0 Å². The number of hydrogen-bond donors (Lipinski definition) is 3. The Hall–Kier alpha value is -0.910. The second kappa shape index (κ2) is 7.03. The lowest BCUT2D eigenvalue weighted by atomic mass is 9.92. The number of halogens is 2. The van der Waals surface area contributed by atoms with Gasteiger partial charge in [0.25, 0.3) is 0 Å². The standard InChI is InChI=1S/C13H24F2N2O2/c1-9(2)7-11(8-18)17-12(19)16-10-3-5-13(14,15)6-4-10/h9-11,18H,3-8H2,1-2H3,(H2,16,17,19)/t11-/m1/s1. The molecule has 1 rings (SSSR count). The molecule has 0 saturated heterocycles. The highest BCUT2D eigenvalue weighted by Gasteiger charge is 2.35. The SMILES string of the molecule is CC(C)C[C@H](CO)NC(=O)NC1CCC(F)(F)CC1. The molecule has 0 aromatic rings. The van der Waals surface area contributed by atoms with E-state index in [0.29, 0.717) is 25.2 Å². The van der Waals surface area contributed by atoms with E-state index in [2.05, 4.69) is 10.6 Å². The highest BCUT2D eigenvalue weighted by molar-refractivity contribution is 5.74. The van der Waals surface area contributed by atoms with Crippen molar-refractivity contribution in [3.05, 3.63) is 0 Å². The zero-order valence-corrected chi connectivity index (χ0v) is 11.6. The van der Waals surface area contributed by atoms with Crippen LogP contribution < -0.4 is 10.6 Å². The number of carbonyl (C=O) groups is 1. The van der Waals surface area contributed by atoms with Crippen LogP contribution in [0.15, 0.2) is 0 Å². The molecular formula is C13H24F2N2O2. The highest BCUT2D eigenvalue weighted by Crippen LogP contribution is 2.32. The third-order valence-corrected chi connectivity index (χ3v) is 3.36. The Bertz CT molecular complexity index is 288. The van der Waals surface area contributed by atoms with E-state index < -0.39 is 5.92 Å². The van der Waals surface area contributed by atoms with Crippen LogP contribution >= 0.6 is 0 Å². The number of rotatable bonds is 5. The van der Waals surface area contributed by atoms with Crippen molar-refractivity contribution in [1.29, 1.82) is 0 Å².